The van der Waals surface area contributed by atoms with Crippen molar-refractivity contribution < 1.29 is 29.9 Å². The smallest absolute Gasteiger partial charge is 0.200 e. The Hall–Kier alpha value is -0.240. The summed E-state index contributed by atoms with van der Waals surface area (Å²) in [7, 11) is 0. The molecule has 33 heavy (non-hydrogen) atoms. The number of fused-ring (bicyclic) bond motifs is 7. The quantitative estimate of drug-likeness (QED) is 0.440. The maximum Gasteiger partial charge on any atom is 0.200 e. The first kappa shape index (κ1) is 23.2. The third kappa shape index (κ3) is 2.88. The largest absolute Gasteiger partial charge is 0.393 e. The Kier molecular flexibility index (Phi) is 5.03. The van der Waals surface area contributed by atoms with E-state index in [-0.39, 0.29) is 36.1 Å². The van der Waals surface area contributed by atoms with Crippen LogP contribution in [0.3, 0.4) is 0 Å². The summed E-state index contributed by atoms with van der Waals surface area (Å²) in [5, 5.41) is 42.4. The number of aliphatic hydroxyl groups is 4. The molecule has 0 amide bonds. The minimum absolute atomic E-state index is 0.0253. The van der Waals surface area contributed by atoms with Crippen LogP contribution in [0.25, 0.3) is 0 Å². The molecule has 14 atom stereocenters. The molecule has 6 aliphatic rings. The van der Waals surface area contributed by atoms with Gasteiger partial charge in [-0.05, 0) is 98.7 Å². The molecule has 1 spiro atoms. The van der Waals surface area contributed by atoms with Gasteiger partial charge in [-0.3, -0.25) is 0 Å². The molecule has 6 rings (SSSR count). The molecule has 2 saturated heterocycles. The zero-order valence-corrected chi connectivity index (χ0v) is 20.7. The van der Waals surface area contributed by atoms with E-state index in [0.717, 1.165) is 31.6 Å². The summed E-state index contributed by atoms with van der Waals surface area (Å²) in [5.74, 6) is 1.72. The summed E-state index contributed by atoms with van der Waals surface area (Å²) >= 11 is 0. The van der Waals surface area contributed by atoms with E-state index < -0.39 is 23.6 Å². The summed E-state index contributed by atoms with van der Waals surface area (Å²) in [6.45, 7) is 8.57. The van der Waals surface area contributed by atoms with Gasteiger partial charge in [0.25, 0.3) is 0 Å². The van der Waals surface area contributed by atoms with Gasteiger partial charge >= 0.3 is 0 Å². The van der Waals surface area contributed by atoms with Gasteiger partial charge in [-0.1, -0.05) is 20.8 Å². The van der Waals surface area contributed by atoms with E-state index in [2.05, 4.69) is 20.8 Å². The molecular weight excluding hydrogens is 420 g/mol. The lowest BCUT2D eigenvalue weighted by molar-refractivity contribution is -0.361. The van der Waals surface area contributed by atoms with E-state index >= 15 is 0 Å². The standard InChI is InChI=1S/C27H44O6/c1-14-21-20(33-27(14)23(30)22(29)26(4,31)13-32-27)12-19-17-6-5-15-11-16(28)7-9-24(15,2)18(17)8-10-25(19,21)3/h14-23,28-31H,5-13H2,1-4H3/t14-,15-,16-,17+,18-,19-,20-,21-,22-,23+,24-,25-,26+,27-/m0/s1. The van der Waals surface area contributed by atoms with Crippen LogP contribution in [0.4, 0.5) is 0 Å². The molecule has 0 aromatic rings. The van der Waals surface area contributed by atoms with Crippen molar-refractivity contribution in [3.8, 4) is 0 Å². The van der Waals surface area contributed by atoms with E-state index in [0.29, 0.717) is 23.2 Å². The zero-order valence-electron chi connectivity index (χ0n) is 20.7. The second kappa shape index (κ2) is 7.17. The van der Waals surface area contributed by atoms with Crippen LogP contribution in [0, 0.1) is 46.3 Å². The van der Waals surface area contributed by atoms with E-state index in [1.54, 1.807) is 0 Å². The van der Waals surface area contributed by atoms with E-state index in [9.17, 15) is 20.4 Å². The molecule has 4 saturated carbocycles. The van der Waals surface area contributed by atoms with Crippen LogP contribution in [-0.2, 0) is 9.47 Å². The first-order valence-corrected chi connectivity index (χ1v) is 13.5. The molecule has 0 aromatic carbocycles. The highest BCUT2D eigenvalue weighted by Crippen LogP contribution is 2.71. The number of hydrogen-bond donors (Lipinski definition) is 4. The molecular formula is C27H44O6. The van der Waals surface area contributed by atoms with E-state index in [1.165, 1.54) is 32.6 Å². The lowest BCUT2D eigenvalue weighted by Gasteiger charge is -2.61. The third-order valence-corrected chi connectivity index (χ3v) is 12.2. The van der Waals surface area contributed by atoms with Gasteiger partial charge in [-0.15, -0.1) is 0 Å². The summed E-state index contributed by atoms with van der Waals surface area (Å²) in [6, 6.07) is 0. The maximum atomic E-state index is 11.1. The van der Waals surface area contributed by atoms with Gasteiger partial charge in [0.05, 0.1) is 18.8 Å². The van der Waals surface area contributed by atoms with Gasteiger partial charge in [0.2, 0.25) is 5.79 Å². The zero-order chi connectivity index (χ0) is 23.6. The Balaban J connectivity index is 1.27. The van der Waals surface area contributed by atoms with Crippen LogP contribution in [0.2, 0.25) is 0 Å². The van der Waals surface area contributed by atoms with Crippen molar-refractivity contribution in [2.75, 3.05) is 6.61 Å². The van der Waals surface area contributed by atoms with Gasteiger partial charge in [0, 0.05) is 5.92 Å². The first-order chi connectivity index (χ1) is 15.4. The van der Waals surface area contributed by atoms with Gasteiger partial charge in [-0.25, -0.2) is 0 Å². The molecule has 4 aliphatic carbocycles. The van der Waals surface area contributed by atoms with E-state index in [1.807, 2.05) is 0 Å². The molecule has 6 nitrogen and oxygen atoms in total. The normalized spacial score (nSPS) is 64.7. The summed E-state index contributed by atoms with van der Waals surface area (Å²) in [6.07, 6.45) is 6.37. The molecule has 2 heterocycles. The van der Waals surface area contributed by atoms with Gasteiger partial charge in [0.1, 0.15) is 17.8 Å². The minimum Gasteiger partial charge on any atom is -0.393 e. The second-order valence-corrected chi connectivity index (χ2v) is 13.6. The number of ether oxygens (including phenoxy) is 2. The average Bonchev–Trinajstić information content (AvgIpc) is 3.22. The topological polar surface area (TPSA) is 99.4 Å². The molecule has 2 aliphatic heterocycles. The molecule has 4 N–H and O–H groups in total. The van der Waals surface area contributed by atoms with Crippen LogP contribution in [0.5, 0.6) is 0 Å². The first-order valence-electron chi connectivity index (χ1n) is 13.5. The minimum atomic E-state index is -1.47. The van der Waals surface area contributed by atoms with E-state index in [4.69, 9.17) is 9.47 Å². The molecule has 188 valence electrons. The highest BCUT2D eigenvalue weighted by Gasteiger charge is 2.72. The Morgan fingerprint density at radius 3 is 2.30 bits per heavy atom. The van der Waals surface area contributed by atoms with Crippen LogP contribution in [-0.4, -0.2) is 62.8 Å². The second-order valence-electron chi connectivity index (χ2n) is 13.6. The van der Waals surface area contributed by atoms with Crippen molar-refractivity contribution in [3.05, 3.63) is 0 Å². The maximum absolute atomic E-state index is 11.1. The van der Waals surface area contributed by atoms with Crippen LogP contribution < -0.4 is 0 Å². The van der Waals surface area contributed by atoms with Gasteiger partial charge in [-0.2, -0.15) is 0 Å². The monoisotopic (exact) mass is 464 g/mol. The third-order valence-electron chi connectivity index (χ3n) is 12.2. The van der Waals surface area contributed by atoms with Crippen molar-refractivity contribution in [2.24, 2.45) is 46.3 Å². The van der Waals surface area contributed by atoms with Crippen molar-refractivity contribution in [3.63, 3.8) is 0 Å². The molecule has 6 fully saturated rings. The fourth-order valence-electron chi connectivity index (χ4n) is 10.4. The number of rotatable bonds is 0. The van der Waals surface area contributed by atoms with Crippen LogP contribution >= 0.6 is 0 Å². The molecule has 0 radical (unpaired) electrons. The average molecular weight is 465 g/mol. The van der Waals surface area contributed by atoms with Gasteiger partial charge in [0.15, 0.2) is 0 Å². The Morgan fingerprint density at radius 2 is 1.55 bits per heavy atom. The summed E-state index contributed by atoms with van der Waals surface area (Å²) in [4.78, 5) is 0. The molecule has 0 bridgehead atoms. The summed E-state index contributed by atoms with van der Waals surface area (Å²) in [5.41, 5.74) is -0.981. The Bertz CT molecular complexity index is 801. The highest BCUT2D eigenvalue weighted by molar-refractivity contribution is 5.17. The van der Waals surface area contributed by atoms with Crippen molar-refractivity contribution >= 4 is 0 Å². The van der Waals surface area contributed by atoms with Crippen molar-refractivity contribution in [1.82, 2.24) is 0 Å². The lowest BCUT2D eigenvalue weighted by Crippen LogP contribution is -2.68. The van der Waals surface area contributed by atoms with Gasteiger partial charge < -0.3 is 29.9 Å². The number of hydrogen-bond acceptors (Lipinski definition) is 6. The Labute approximate surface area is 198 Å². The summed E-state index contributed by atoms with van der Waals surface area (Å²) < 4.78 is 12.7. The lowest BCUT2D eigenvalue weighted by atomic mass is 9.44. The number of aliphatic hydroxyl groups excluding tert-OH is 3. The fraction of sp³-hybridized carbons (Fsp3) is 1.00. The van der Waals surface area contributed by atoms with Crippen molar-refractivity contribution in [1.29, 1.82) is 0 Å². The van der Waals surface area contributed by atoms with Crippen molar-refractivity contribution in [2.45, 2.75) is 115 Å². The molecule has 6 heteroatoms. The van der Waals surface area contributed by atoms with Crippen LogP contribution in [0.15, 0.2) is 0 Å². The molecule has 0 unspecified atom stereocenters. The molecule has 0 aromatic heterocycles. The fourth-order valence-corrected chi connectivity index (χ4v) is 10.4. The Morgan fingerprint density at radius 1 is 0.818 bits per heavy atom. The SMILES string of the molecule is C[C@H]1[C@H]2[C@H](C[C@H]3[C@@H]4CC[C@H]5C[C@@H](O)CC[C@]5(C)[C@H]4CC[C@]23C)O[C@@]12OC[C@@](C)(O)[C@@H](O)[C@H]2O. The predicted molar refractivity (Wildman–Crippen MR) is 122 cm³/mol. The van der Waals surface area contributed by atoms with Crippen LogP contribution in [0.1, 0.15) is 79.1 Å². The highest BCUT2D eigenvalue weighted by atomic mass is 16.7. The predicted octanol–water partition coefficient (Wildman–Crippen LogP) is 2.85.